The van der Waals surface area contributed by atoms with Gasteiger partial charge in [0.15, 0.2) is 12.0 Å². The van der Waals surface area contributed by atoms with Gasteiger partial charge in [0, 0.05) is 38.9 Å². The van der Waals surface area contributed by atoms with Crippen molar-refractivity contribution in [3.63, 3.8) is 0 Å². The number of hydrogen-bond acceptors (Lipinski definition) is 31. The van der Waals surface area contributed by atoms with Gasteiger partial charge in [-0.1, -0.05) is 69.2 Å². The highest BCUT2D eigenvalue weighted by Crippen LogP contribution is 2.24. The summed E-state index contributed by atoms with van der Waals surface area (Å²) in [6.45, 7) is 15.4. The SMILES string of the molecule is CC(C)C[C@H](NC(=O)[C@H](CCCNC(=N)N)NC(=O)CNC(=O)CNC(=O)[C@H](CO)NC(=O)[C@H](CCC(=O)O)NC(=O)[C@H](CCC(=O)O)NC(=O)[C@@H](NC(=O)[C@H](CO)NC(=O)[C@@H](N)CCC(N)=O)C(C)C)C(=O)N[C@H](C(=O)N[C@H](C(=O)N1CCC[C@H]1C(=O)NCC(=O)N[C@H](C(=O)N1CCC[C@H]1C(=O)N[C@@H](CC(C)C)C(=O)N[C@H](C(=O)N[C@@H](CC(C)C)C(=O)N[C@H](C(=O)O)[C@@H](C)O)[C@@H](C)O)[C@@H](C)O)[C@@H](C)O)C(C)C. The van der Waals surface area contributed by atoms with E-state index in [0.29, 0.717) is 0 Å². The van der Waals surface area contributed by atoms with Crippen molar-refractivity contribution in [2.45, 2.75) is 320 Å². The number of primary amides is 1. The number of rotatable bonds is 64. The van der Waals surface area contributed by atoms with E-state index in [0.717, 1.165) is 37.5 Å². The summed E-state index contributed by atoms with van der Waals surface area (Å²) in [6.07, 6.45) is -10.1. The molecule has 2 saturated heterocycles. The van der Waals surface area contributed by atoms with Gasteiger partial charge in [-0.15, -0.1) is 0 Å². The Balaban J connectivity index is 2.27. The van der Waals surface area contributed by atoms with Crippen molar-refractivity contribution in [1.29, 1.82) is 5.41 Å². The number of aliphatic carboxylic acids is 3. The van der Waals surface area contributed by atoms with E-state index in [1.54, 1.807) is 41.5 Å². The molecule has 0 spiro atoms. The number of nitrogens with two attached hydrogens (primary N) is 3. The van der Waals surface area contributed by atoms with Crippen molar-refractivity contribution in [2.75, 3.05) is 52.5 Å². The lowest BCUT2D eigenvalue weighted by Crippen LogP contribution is -2.62. The minimum Gasteiger partial charge on any atom is -0.481 e. The van der Waals surface area contributed by atoms with Crippen LogP contribution in [0.1, 0.15) is 193 Å². The first-order valence-corrected chi connectivity index (χ1v) is 47.1. The average Bonchev–Trinajstić information content (AvgIpc) is 1.75. The van der Waals surface area contributed by atoms with Crippen LogP contribution in [0, 0.1) is 35.0 Å². The number of carbonyl (C=O) groups is 23. The molecule has 20 amide bonds. The topological polar surface area (TPSA) is 900 Å². The second-order valence-electron chi connectivity index (χ2n) is 37.1. The van der Waals surface area contributed by atoms with Gasteiger partial charge in [-0.2, -0.15) is 0 Å². The molecule has 0 bridgehead atoms. The molecule has 2 heterocycles. The lowest BCUT2D eigenvalue weighted by atomic mass is 9.98. The molecule has 808 valence electrons. The van der Waals surface area contributed by atoms with Crippen molar-refractivity contribution in [3.05, 3.63) is 0 Å². The van der Waals surface area contributed by atoms with Crippen LogP contribution in [0.5, 0.6) is 0 Å². The molecule has 2 aliphatic heterocycles. The minimum absolute atomic E-state index is 0.00564. The molecule has 0 saturated carbocycles. The van der Waals surface area contributed by atoms with Crippen LogP contribution in [0.2, 0.25) is 0 Å². The number of likely N-dealkylation sites (tertiary alicyclic amines) is 2. The van der Waals surface area contributed by atoms with Crippen molar-refractivity contribution in [2.24, 2.45) is 46.8 Å². The molecule has 0 aromatic carbocycles. The number of carboxylic acid groups (broad SMARTS) is 3. The van der Waals surface area contributed by atoms with Crippen molar-refractivity contribution in [3.8, 4) is 0 Å². The third-order valence-corrected chi connectivity index (χ3v) is 22.6. The lowest BCUT2D eigenvalue weighted by Gasteiger charge is -2.32. The third-order valence-electron chi connectivity index (χ3n) is 22.6. The maximum absolute atomic E-state index is 14.5. The molecule has 34 N–H and O–H groups in total. The fourth-order valence-corrected chi connectivity index (χ4v) is 14.8. The fraction of sp³-hybridized carbons (Fsp3) is 0.724. The van der Waals surface area contributed by atoms with Crippen molar-refractivity contribution < 1.29 is 156 Å². The normalized spacial score (nSPS) is 17.4. The Labute approximate surface area is 825 Å². The third kappa shape index (κ3) is 44.5. The van der Waals surface area contributed by atoms with Gasteiger partial charge in [0.1, 0.15) is 90.6 Å². The van der Waals surface area contributed by atoms with Gasteiger partial charge in [0.25, 0.3) is 0 Å². The Hall–Kier alpha value is -13.2. The monoisotopic (exact) mass is 2040 g/mol. The molecule has 0 aromatic rings. The Kier molecular flexibility index (Phi) is 54.8. The highest BCUT2D eigenvalue weighted by Gasteiger charge is 2.46. The number of aliphatic hydroxyl groups is 6. The van der Waals surface area contributed by atoms with Crippen LogP contribution in [-0.4, -0.2) is 377 Å². The molecule has 21 atom stereocenters. The molecule has 56 nitrogen and oxygen atoms in total. The number of amides is 20. The van der Waals surface area contributed by atoms with Crippen LogP contribution < -0.4 is 113 Å². The number of aliphatic hydroxyl groups excluding tert-OH is 6. The zero-order chi connectivity index (χ0) is 109. The van der Waals surface area contributed by atoms with Gasteiger partial charge in [-0.05, 0) is 134 Å². The number of nitrogens with zero attached hydrogens (tertiary/aromatic N) is 2. The van der Waals surface area contributed by atoms with E-state index in [1.165, 1.54) is 27.7 Å². The quantitative estimate of drug-likeness (QED) is 0.0153. The molecule has 0 aliphatic carbocycles. The average molecular weight is 2040 g/mol. The highest BCUT2D eigenvalue weighted by atomic mass is 16.4. The molecule has 143 heavy (non-hydrogen) atoms. The van der Waals surface area contributed by atoms with Crippen LogP contribution in [0.3, 0.4) is 0 Å². The van der Waals surface area contributed by atoms with E-state index in [-0.39, 0.29) is 108 Å². The summed E-state index contributed by atoms with van der Waals surface area (Å²) in [5.41, 5.74) is 16.3. The lowest BCUT2D eigenvalue weighted by molar-refractivity contribution is -0.145. The van der Waals surface area contributed by atoms with Crippen molar-refractivity contribution >= 4 is 142 Å². The van der Waals surface area contributed by atoms with E-state index in [9.17, 15) is 156 Å². The Morgan fingerprint density at radius 3 is 1.09 bits per heavy atom. The summed E-state index contributed by atoms with van der Waals surface area (Å²) in [7, 11) is 0. The summed E-state index contributed by atoms with van der Waals surface area (Å²) in [6, 6.07) is -27.5. The van der Waals surface area contributed by atoms with Gasteiger partial charge < -0.3 is 169 Å². The molecule has 0 radical (unpaired) electrons. The Bertz CT molecular complexity index is 4420. The molecule has 0 aromatic heterocycles. The van der Waals surface area contributed by atoms with Gasteiger partial charge in [-0.25, -0.2) is 4.79 Å². The fourth-order valence-electron chi connectivity index (χ4n) is 14.8. The highest BCUT2D eigenvalue weighted by molar-refractivity contribution is 6.02. The zero-order valence-corrected chi connectivity index (χ0v) is 82.8. The van der Waals surface area contributed by atoms with Crippen LogP contribution in [0.4, 0.5) is 0 Å². The summed E-state index contributed by atoms with van der Waals surface area (Å²) in [5, 5.41) is 141. The second kappa shape index (κ2) is 62.3. The predicted molar refractivity (Wildman–Crippen MR) is 501 cm³/mol. The van der Waals surface area contributed by atoms with Crippen LogP contribution in [-0.2, 0) is 110 Å². The molecule has 2 rings (SSSR count). The summed E-state index contributed by atoms with van der Waals surface area (Å²) in [5.74, 6) is -28.5. The zero-order valence-electron chi connectivity index (χ0n) is 82.8. The molecule has 2 aliphatic rings. The number of carboxylic acids is 3. The smallest absolute Gasteiger partial charge is 0.328 e. The van der Waals surface area contributed by atoms with Gasteiger partial charge in [0.2, 0.25) is 118 Å². The van der Waals surface area contributed by atoms with E-state index in [1.807, 2.05) is 0 Å². The first kappa shape index (κ1) is 126. The van der Waals surface area contributed by atoms with Crippen LogP contribution in [0.25, 0.3) is 0 Å². The predicted octanol–water partition coefficient (Wildman–Crippen LogP) is -12.3. The van der Waals surface area contributed by atoms with Gasteiger partial charge in [0.05, 0.1) is 63.3 Å². The first-order valence-electron chi connectivity index (χ1n) is 47.1. The van der Waals surface area contributed by atoms with E-state index in [4.69, 9.17) is 22.6 Å². The van der Waals surface area contributed by atoms with E-state index < -0.39 is 340 Å². The Morgan fingerprint density at radius 2 is 0.671 bits per heavy atom. The maximum Gasteiger partial charge on any atom is 0.328 e. The van der Waals surface area contributed by atoms with Crippen LogP contribution >= 0.6 is 0 Å². The van der Waals surface area contributed by atoms with Crippen molar-refractivity contribution in [1.82, 2.24) is 106 Å². The Morgan fingerprint density at radius 1 is 0.336 bits per heavy atom. The molecule has 2 fully saturated rings. The van der Waals surface area contributed by atoms with Gasteiger partial charge in [-0.3, -0.25) is 111 Å². The van der Waals surface area contributed by atoms with E-state index >= 15 is 0 Å². The number of guanidine groups is 1. The molecular weight excluding hydrogens is 1890 g/mol. The molecule has 56 heteroatoms. The minimum atomic E-state index is -1.97. The van der Waals surface area contributed by atoms with E-state index in [2.05, 4.69) is 95.7 Å². The molecule has 0 unspecified atom stereocenters. The van der Waals surface area contributed by atoms with Crippen LogP contribution in [0.15, 0.2) is 0 Å². The molecular formula is C87H148N24O32. The number of nitrogens with one attached hydrogen (secondary N) is 19. The standard InChI is InChI=1S/C87H148N24O32/c1-38(2)30-51(99-72(128)48(18-15-27-92-87(90)91)96-60(120)34-93-59(119)33-94-71(127)54(36-112)103-74(130)49(22-25-62(122)123)97-73(129)50(23-26-63(124)125)98-81(137)64(41(7)8)106-78(134)55(37-113)102-70(126)47(88)21-24-58(89)118)75(131)105-65(42(9)10)82(138)108-68(45(13)116)85(141)110-28-16-19-56(110)79(135)95-35-61(121)104-67(44(12)115)84(140)111-29-17-20-57(111)80(136)100-52(31-39(3)4)76(132)107-66(43(11)114)83(139)101-53(32-40(5)6)77(133)109-69(46(14)117)86(142)143/h38-57,64-69,112-117H,15-37,88H2,1-14H3,(H2,89,118)(H,93,119)(H,94,127)(H,95,135)(H,96,120)(H,97,129)(H,98,137)(H,99,128)(H,100,136)(H,101,139)(H,102,126)(H,103,130)(H,104,121)(H,105,131)(H,106,134)(H,107,132)(H,108,138)(H,109,133)(H,122,123)(H,124,125)(H,142,143)(H4,90,91,92)/t43-,44-,45-,46-,47+,48+,49+,50+,51+,52+,53+,54+,55+,56+,57+,64+,65+,66+,67+,68+,69+/m1/s1. The summed E-state index contributed by atoms with van der Waals surface area (Å²) < 4.78 is 0. The number of hydrogen-bond donors (Lipinski definition) is 31. The second-order valence-corrected chi connectivity index (χ2v) is 37.1. The largest absolute Gasteiger partial charge is 0.481 e. The number of carbonyl (C=O) groups excluding carboxylic acids is 20. The maximum atomic E-state index is 14.5. The summed E-state index contributed by atoms with van der Waals surface area (Å²) >= 11 is 0. The summed E-state index contributed by atoms with van der Waals surface area (Å²) in [4.78, 5) is 311. The van der Waals surface area contributed by atoms with Gasteiger partial charge >= 0.3 is 17.9 Å². The first-order chi connectivity index (χ1) is 66.7.